The molecular weight excluding hydrogens is 261 g/mol. The summed E-state index contributed by atoms with van der Waals surface area (Å²) in [6.07, 6.45) is -0.161. The first-order chi connectivity index (χ1) is 9.32. The van der Waals surface area contributed by atoms with Gasteiger partial charge in [0.05, 0.1) is 24.4 Å². The molecule has 0 aliphatic heterocycles. The highest BCUT2D eigenvalue weighted by Crippen LogP contribution is 2.28. The average molecular weight is 275 g/mol. The summed E-state index contributed by atoms with van der Waals surface area (Å²) in [5, 5.41) is 13.3. The van der Waals surface area contributed by atoms with Crippen LogP contribution in [0.4, 0.5) is 10.5 Å². The molecule has 3 N–H and O–H groups in total. The first-order valence-corrected chi connectivity index (χ1v) is 5.90. The molecule has 0 fully saturated rings. The number of rotatable bonds is 6. The Balaban J connectivity index is 3.13. The number of nitrogens with two attached hydrogens (primary N) is 1. The van der Waals surface area contributed by atoms with Crippen LogP contribution < -0.4 is 11.1 Å². The second-order valence-electron chi connectivity index (χ2n) is 4.34. The van der Waals surface area contributed by atoms with Gasteiger partial charge < -0.3 is 15.8 Å². The zero-order valence-corrected chi connectivity index (χ0v) is 10.9. The summed E-state index contributed by atoms with van der Waals surface area (Å²) in [5.41, 5.74) is 5.07. The number of ketones is 1. The van der Waals surface area contributed by atoms with Gasteiger partial charge in [-0.2, -0.15) is 0 Å². The van der Waals surface area contributed by atoms with E-state index in [4.69, 9.17) is 13.6 Å². The summed E-state index contributed by atoms with van der Waals surface area (Å²) >= 11 is 0. The van der Waals surface area contributed by atoms with Crippen molar-refractivity contribution in [3.8, 4) is 0 Å². The Bertz CT molecular complexity index is 533. The number of Topliss-reactive ketones (excluding diaryl/α,β-unsaturated/α-hetero) is 1. The lowest BCUT2D eigenvalue weighted by atomic mass is 9.82. The number of carbonyl (C=O) groups excluding carboxylic acids is 2. The van der Waals surface area contributed by atoms with E-state index in [0.29, 0.717) is 0 Å². The number of para-hydroxylation sites is 1. The van der Waals surface area contributed by atoms with E-state index in [1.807, 2.05) is 0 Å². The van der Waals surface area contributed by atoms with E-state index in [1.54, 1.807) is 6.07 Å². The number of hydrogen-bond donors (Lipinski definition) is 2. The van der Waals surface area contributed by atoms with Gasteiger partial charge in [0.2, 0.25) is 0 Å². The maximum absolute atomic E-state index is 11.7. The van der Waals surface area contributed by atoms with Gasteiger partial charge in [0.1, 0.15) is 5.78 Å². The molecule has 1 rings (SSSR count). The zero-order valence-electron chi connectivity index (χ0n) is 10.9. The molecular formula is C12H14BN3O4. The molecule has 2 amide bonds. The van der Waals surface area contributed by atoms with Crippen LogP contribution in [-0.2, 0) is 4.79 Å². The van der Waals surface area contributed by atoms with E-state index < -0.39 is 22.8 Å². The third-order valence-corrected chi connectivity index (χ3v) is 2.74. The van der Waals surface area contributed by atoms with Gasteiger partial charge in [-0.15, -0.1) is 0 Å². The first kappa shape index (κ1) is 15.7. The Kier molecular flexibility index (Phi) is 5.25. The normalized spacial score (nSPS) is 13.2. The predicted octanol–water partition coefficient (Wildman–Crippen LogP) is 1.24. The van der Waals surface area contributed by atoms with Crippen molar-refractivity contribution in [2.45, 2.75) is 25.2 Å². The maximum atomic E-state index is 11.7. The molecule has 0 saturated heterocycles. The number of urea groups is 1. The highest BCUT2D eigenvalue weighted by molar-refractivity contribution is 6.23. The van der Waals surface area contributed by atoms with Crippen molar-refractivity contribution in [1.82, 2.24) is 5.32 Å². The van der Waals surface area contributed by atoms with Crippen molar-refractivity contribution in [2.75, 3.05) is 0 Å². The van der Waals surface area contributed by atoms with Gasteiger partial charge in [-0.1, -0.05) is 25.1 Å². The lowest BCUT2D eigenvalue weighted by Crippen LogP contribution is -2.35. The molecule has 0 saturated carbocycles. The number of nitrogens with one attached hydrogen (secondary N) is 1. The van der Waals surface area contributed by atoms with Crippen LogP contribution in [0.5, 0.6) is 0 Å². The van der Waals surface area contributed by atoms with Crippen molar-refractivity contribution < 1.29 is 14.5 Å². The SMILES string of the molecule is [B]C(C)C(=O)CC(NC(N)=O)c1ccccc1[N+](=O)[O-]. The zero-order chi connectivity index (χ0) is 15.3. The van der Waals surface area contributed by atoms with E-state index in [9.17, 15) is 19.7 Å². The van der Waals surface area contributed by atoms with Gasteiger partial charge >= 0.3 is 6.03 Å². The Morgan fingerprint density at radius 1 is 1.45 bits per heavy atom. The first-order valence-electron chi connectivity index (χ1n) is 5.90. The van der Waals surface area contributed by atoms with Gasteiger partial charge in [0.25, 0.3) is 5.69 Å². The molecule has 1 aromatic rings. The average Bonchev–Trinajstić information content (AvgIpc) is 2.37. The number of benzene rings is 1. The number of nitrogens with zero attached hydrogens (tertiary/aromatic N) is 1. The molecule has 0 heterocycles. The summed E-state index contributed by atoms with van der Waals surface area (Å²) in [6, 6.07) is 4.08. The van der Waals surface area contributed by atoms with Gasteiger partial charge in [0.15, 0.2) is 0 Å². The fourth-order valence-electron chi connectivity index (χ4n) is 1.75. The summed E-state index contributed by atoms with van der Waals surface area (Å²) in [5.74, 6) is -1.06. The third-order valence-electron chi connectivity index (χ3n) is 2.74. The minimum atomic E-state index is -0.882. The molecule has 0 aliphatic rings. The van der Waals surface area contributed by atoms with Crippen LogP contribution in [0.1, 0.15) is 24.9 Å². The van der Waals surface area contributed by atoms with Crippen LogP contribution in [0.15, 0.2) is 24.3 Å². The van der Waals surface area contributed by atoms with Crippen molar-refractivity contribution in [3.05, 3.63) is 39.9 Å². The van der Waals surface area contributed by atoms with E-state index in [2.05, 4.69) is 5.32 Å². The summed E-state index contributed by atoms with van der Waals surface area (Å²) < 4.78 is 0. The fraction of sp³-hybridized carbons (Fsp3) is 0.333. The molecule has 0 aromatic heterocycles. The number of primary amides is 1. The number of hydrogen-bond acceptors (Lipinski definition) is 4. The van der Waals surface area contributed by atoms with Crippen LogP contribution >= 0.6 is 0 Å². The quantitative estimate of drug-likeness (QED) is 0.461. The van der Waals surface area contributed by atoms with E-state index >= 15 is 0 Å². The molecule has 0 aliphatic carbocycles. The molecule has 104 valence electrons. The smallest absolute Gasteiger partial charge is 0.312 e. The van der Waals surface area contributed by atoms with Crippen LogP contribution in [0.3, 0.4) is 0 Å². The largest absolute Gasteiger partial charge is 0.352 e. The molecule has 20 heavy (non-hydrogen) atoms. The third kappa shape index (κ3) is 4.08. The lowest BCUT2D eigenvalue weighted by molar-refractivity contribution is -0.385. The monoisotopic (exact) mass is 275 g/mol. The van der Waals surface area contributed by atoms with E-state index in [1.165, 1.54) is 25.1 Å². The highest BCUT2D eigenvalue weighted by atomic mass is 16.6. The van der Waals surface area contributed by atoms with Gasteiger partial charge in [-0.3, -0.25) is 10.1 Å². The van der Waals surface area contributed by atoms with Crippen LogP contribution in [0.2, 0.25) is 5.82 Å². The molecule has 2 radical (unpaired) electrons. The summed E-state index contributed by atoms with van der Waals surface area (Å²) in [4.78, 5) is 33.1. The Morgan fingerprint density at radius 2 is 2.05 bits per heavy atom. The minimum Gasteiger partial charge on any atom is -0.352 e. The number of amides is 2. The highest BCUT2D eigenvalue weighted by Gasteiger charge is 2.25. The number of nitro benzene ring substituents is 1. The van der Waals surface area contributed by atoms with E-state index in [-0.39, 0.29) is 23.5 Å². The minimum absolute atomic E-state index is 0.161. The van der Waals surface area contributed by atoms with Gasteiger partial charge in [-0.25, -0.2) is 4.79 Å². The number of carbonyl (C=O) groups is 2. The number of nitro groups is 1. The molecule has 7 nitrogen and oxygen atoms in total. The molecule has 2 unspecified atom stereocenters. The second kappa shape index (κ2) is 6.69. The van der Waals surface area contributed by atoms with Crippen LogP contribution in [-0.4, -0.2) is 24.6 Å². The molecule has 2 atom stereocenters. The van der Waals surface area contributed by atoms with Crippen molar-refractivity contribution >= 4 is 25.3 Å². The molecule has 8 heteroatoms. The van der Waals surface area contributed by atoms with E-state index in [0.717, 1.165) is 0 Å². The molecule has 0 bridgehead atoms. The molecule has 1 aromatic carbocycles. The van der Waals surface area contributed by atoms with Crippen LogP contribution in [0.25, 0.3) is 0 Å². The van der Waals surface area contributed by atoms with Gasteiger partial charge in [-0.05, 0) is 5.82 Å². The van der Waals surface area contributed by atoms with Gasteiger partial charge in [0, 0.05) is 12.5 Å². The Morgan fingerprint density at radius 3 is 2.55 bits per heavy atom. The Labute approximate surface area is 117 Å². The van der Waals surface area contributed by atoms with Crippen molar-refractivity contribution in [1.29, 1.82) is 0 Å². The Hall–Kier alpha value is -2.38. The standard InChI is InChI=1S/C12H14BN3O4/c1-7(13)11(17)6-9(15-12(14)18)8-4-2-3-5-10(8)16(19)20/h2-5,7,9H,6H2,1H3,(H3,14,15,18). The summed E-state index contributed by atoms with van der Waals surface area (Å²) in [6.45, 7) is 1.50. The second-order valence-corrected chi connectivity index (χ2v) is 4.34. The fourth-order valence-corrected chi connectivity index (χ4v) is 1.75. The topological polar surface area (TPSA) is 115 Å². The molecule has 0 spiro atoms. The predicted molar refractivity (Wildman–Crippen MR) is 73.4 cm³/mol. The van der Waals surface area contributed by atoms with Crippen LogP contribution in [0, 0.1) is 10.1 Å². The summed E-state index contributed by atoms with van der Waals surface area (Å²) in [7, 11) is 5.46. The van der Waals surface area contributed by atoms with Crippen molar-refractivity contribution in [3.63, 3.8) is 0 Å². The maximum Gasteiger partial charge on any atom is 0.312 e. The lowest BCUT2D eigenvalue weighted by Gasteiger charge is -2.18. The van der Waals surface area contributed by atoms with Crippen molar-refractivity contribution in [2.24, 2.45) is 5.73 Å².